The number of cyclic esters (lactones) is 1. The van der Waals surface area contributed by atoms with Gasteiger partial charge in [0.2, 0.25) is 0 Å². The van der Waals surface area contributed by atoms with Crippen LogP contribution in [0.4, 0.5) is 15.3 Å². The Balaban J connectivity index is 1.84. The van der Waals surface area contributed by atoms with Gasteiger partial charge in [0.25, 0.3) is 0 Å². The Hall–Kier alpha value is -2.25. The molecule has 1 atom stereocenters. The molecule has 24 heavy (non-hydrogen) atoms. The lowest BCUT2D eigenvalue weighted by molar-refractivity contribution is 0.00913. The summed E-state index contributed by atoms with van der Waals surface area (Å²) >= 11 is 0. The fourth-order valence-corrected chi connectivity index (χ4v) is 2.95. The van der Waals surface area contributed by atoms with Crippen molar-refractivity contribution in [3.63, 3.8) is 0 Å². The lowest BCUT2D eigenvalue weighted by atomic mass is 10.1. The molecule has 0 aromatic carbocycles. The molecule has 0 saturated carbocycles. The Morgan fingerprint density at radius 3 is 2.83 bits per heavy atom. The van der Waals surface area contributed by atoms with Crippen molar-refractivity contribution in [2.75, 3.05) is 18.1 Å². The second-order valence-electron chi connectivity index (χ2n) is 7.24. The molecule has 8 heteroatoms. The first-order chi connectivity index (χ1) is 11.3. The van der Waals surface area contributed by atoms with Gasteiger partial charge in [-0.3, -0.25) is 14.5 Å². The molecule has 1 aromatic heterocycles. The standard InChI is InChI=1S/C16H24N4O4/c1-11-9-20-13(10-19(11)15(22)24-16(2,3)4)12(8-17-20)18-6-5-7-23-14(18)21/h8,11H,5-7,9-10H2,1-4H3/t11-/m0/s1. The van der Waals surface area contributed by atoms with Gasteiger partial charge >= 0.3 is 12.2 Å². The molecule has 1 fully saturated rings. The molecular formula is C16H24N4O4. The summed E-state index contributed by atoms with van der Waals surface area (Å²) in [6, 6.07) is -0.0339. The van der Waals surface area contributed by atoms with E-state index >= 15 is 0 Å². The Kier molecular flexibility index (Phi) is 4.15. The SMILES string of the molecule is C[C@H]1Cn2ncc(N3CCCOC3=O)c2CN1C(=O)OC(C)(C)C. The molecule has 132 valence electrons. The Labute approximate surface area is 141 Å². The minimum atomic E-state index is -0.548. The summed E-state index contributed by atoms with van der Waals surface area (Å²) in [4.78, 5) is 27.8. The van der Waals surface area contributed by atoms with Gasteiger partial charge in [-0.05, 0) is 34.1 Å². The van der Waals surface area contributed by atoms with Crippen LogP contribution in [0, 0.1) is 0 Å². The van der Waals surface area contributed by atoms with Crippen LogP contribution in [0.5, 0.6) is 0 Å². The molecule has 1 aromatic rings. The predicted molar refractivity (Wildman–Crippen MR) is 86.8 cm³/mol. The Morgan fingerprint density at radius 1 is 1.42 bits per heavy atom. The first-order valence-electron chi connectivity index (χ1n) is 8.25. The monoisotopic (exact) mass is 336 g/mol. The topological polar surface area (TPSA) is 76.9 Å². The van der Waals surface area contributed by atoms with Crippen molar-refractivity contribution < 1.29 is 19.1 Å². The van der Waals surface area contributed by atoms with Gasteiger partial charge in [0.15, 0.2) is 0 Å². The molecule has 0 radical (unpaired) electrons. The highest BCUT2D eigenvalue weighted by Gasteiger charge is 2.35. The van der Waals surface area contributed by atoms with Crippen molar-refractivity contribution >= 4 is 17.9 Å². The van der Waals surface area contributed by atoms with Crippen LogP contribution < -0.4 is 4.90 Å². The number of carbonyl (C=O) groups is 2. The van der Waals surface area contributed by atoms with Crippen LogP contribution in [0.25, 0.3) is 0 Å². The van der Waals surface area contributed by atoms with Crippen molar-refractivity contribution in [2.24, 2.45) is 0 Å². The van der Waals surface area contributed by atoms with Crippen LogP contribution in [0.15, 0.2) is 6.20 Å². The molecule has 1 saturated heterocycles. The fraction of sp³-hybridized carbons (Fsp3) is 0.688. The van der Waals surface area contributed by atoms with Gasteiger partial charge in [-0.2, -0.15) is 5.10 Å². The van der Waals surface area contributed by atoms with E-state index in [2.05, 4.69) is 5.10 Å². The third-order valence-corrected chi connectivity index (χ3v) is 4.11. The number of hydrogen-bond donors (Lipinski definition) is 0. The quantitative estimate of drug-likeness (QED) is 0.787. The highest BCUT2D eigenvalue weighted by molar-refractivity contribution is 5.88. The molecule has 2 aliphatic rings. The van der Waals surface area contributed by atoms with Gasteiger partial charge in [-0.15, -0.1) is 0 Å². The maximum absolute atomic E-state index is 12.5. The van der Waals surface area contributed by atoms with Gasteiger partial charge in [0.1, 0.15) is 5.60 Å². The number of carbonyl (C=O) groups excluding carboxylic acids is 2. The number of rotatable bonds is 1. The number of ether oxygens (including phenoxy) is 2. The third-order valence-electron chi connectivity index (χ3n) is 4.11. The zero-order valence-electron chi connectivity index (χ0n) is 14.6. The molecule has 3 rings (SSSR count). The van der Waals surface area contributed by atoms with E-state index in [9.17, 15) is 9.59 Å². The molecule has 2 amide bonds. The molecule has 0 aliphatic carbocycles. The minimum Gasteiger partial charge on any atom is -0.449 e. The number of anilines is 1. The smallest absolute Gasteiger partial charge is 0.414 e. The Bertz CT molecular complexity index is 649. The van der Waals surface area contributed by atoms with Crippen LogP contribution in [-0.4, -0.2) is 51.7 Å². The average molecular weight is 336 g/mol. The second kappa shape index (κ2) is 5.99. The first-order valence-corrected chi connectivity index (χ1v) is 8.25. The van der Waals surface area contributed by atoms with E-state index in [4.69, 9.17) is 9.47 Å². The van der Waals surface area contributed by atoms with E-state index in [0.717, 1.165) is 12.1 Å². The molecule has 0 N–H and O–H groups in total. The summed E-state index contributed by atoms with van der Waals surface area (Å²) < 4.78 is 12.5. The van der Waals surface area contributed by atoms with Crippen LogP contribution in [0.1, 0.15) is 39.8 Å². The number of nitrogens with zero attached hydrogens (tertiary/aromatic N) is 4. The third kappa shape index (κ3) is 3.18. The first kappa shape index (κ1) is 16.6. The lowest BCUT2D eigenvalue weighted by Crippen LogP contribution is -2.47. The van der Waals surface area contributed by atoms with Crippen LogP contribution >= 0.6 is 0 Å². The zero-order chi connectivity index (χ0) is 17.5. The van der Waals surface area contributed by atoms with E-state index in [-0.39, 0.29) is 18.2 Å². The second-order valence-corrected chi connectivity index (χ2v) is 7.24. The van der Waals surface area contributed by atoms with Gasteiger partial charge in [-0.25, -0.2) is 9.59 Å². The fourth-order valence-electron chi connectivity index (χ4n) is 2.95. The normalized spacial score (nSPS) is 21.3. The summed E-state index contributed by atoms with van der Waals surface area (Å²) in [6.07, 6.45) is 1.74. The molecule has 0 bridgehead atoms. The molecular weight excluding hydrogens is 312 g/mol. The van der Waals surface area contributed by atoms with Crippen molar-refractivity contribution in [3.05, 3.63) is 11.9 Å². The average Bonchev–Trinajstić information content (AvgIpc) is 2.87. The summed E-state index contributed by atoms with van der Waals surface area (Å²) in [5, 5.41) is 4.37. The molecule has 3 heterocycles. The van der Waals surface area contributed by atoms with Crippen LogP contribution in [-0.2, 0) is 22.6 Å². The van der Waals surface area contributed by atoms with E-state index in [0.29, 0.717) is 31.9 Å². The lowest BCUT2D eigenvalue weighted by Gasteiger charge is -2.36. The molecule has 8 nitrogen and oxygen atoms in total. The maximum Gasteiger partial charge on any atom is 0.414 e. The zero-order valence-corrected chi connectivity index (χ0v) is 14.6. The van der Waals surface area contributed by atoms with E-state index in [1.54, 1.807) is 16.0 Å². The number of amides is 2. The maximum atomic E-state index is 12.5. The van der Waals surface area contributed by atoms with E-state index in [1.165, 1.54) is 0 Å². The van der Waals surface area contributed by atoms with Crippen molar-refractivity contribution in [2.45, 2.75) is 58.8 Å². The van der Waals surface area contributed by atoms with Crippen LogP contribution in [0.3, 0.4) is 0 Å². The highest BCUT2D eigenvalue weighted by Crippen LogP contribution is 2.29. The van der Waals surface area contributed by atoms with Gasteiger partial charge in [-0.1, -0.05) is 0 Å². The van der Waals surface area contributed by atoms with Crippen molar-refractivity contribution in [1.29, 1.82) is 0 Å². The van der Waals surface area contributed by atoms with E-state index < -0.39 is 5.60 Å². The summed E-state index contributed by atoms with van der Waals surface area (Å²) in [6.45, 7) is 9.46. The van der Waals surface area contributed by atoms with Gasteiger partial charge in [0.05, 0.1) is 43.3 Å². The van der Waals surface area contributed by atoms with E-state index in [1.807, 2.05) is 32.4 Å². The van der Waals surface area contributed by atoms with Crippen LogP contribution in [0.2, 0.25) is 0 Å². The van der Waals surface area contributed by atoms with Crippen molar-refractivity contribution in [3.8, 4) is 0 Å². The molecule has 2 aliphatic heterocycles. The summed E-state index contributed by atoms with van der Waals surface area (Å²) in [5.74, 6) is 0. The highest BCUT2D eigenvalue weighted by atomic mass is 16.6. The minimum absolute atomic E-state index is 0.0339. The molecule has 0 unspecified atom stereocenters. The number of hydrogen-bond acceptors (Lipinski definition) is 5. The van der Waals surface area contributed by atoms with Crippen molar-refractivity contribution in [1.82, 2.24) is 14.7 Å². The van der Waals surface area contributed by atoms with Gasteiger partial charge < -0.3 is 9.47 Å². The summed E-state index contributed by atoms with van der Waals surface area (Å²) in [5.41, 5.74) is 0.992. The number of aromatic nitrogens is 2. The van der Waals surface area contributed by atoms with Gasteiger partial charge in [0, 0.05) is 6.54 Å². The largest absolute Gasteiger partial charge is 0.449 e. The Morgan fingerprint density at radius 2 is 2.17 bits per heavy atom. The predicted octanol–water partition coefficient (Wildman–Crippen LogP) is 2.37. The summed E-state index contributed by atoms with van der Waals surface area (Å²) in [7, 11) is 0. The molecule has 0 spiro atoms. The number of fused-ring (bicyclic) bond motifs is 1.